The monoisotopic (exact) mass is 421 g/mol. The molecule has 0 atom stereocenters. The van der Waals surface area contributed by atoms with Gasteiger partial charge in [0.1, 0.15) is 0 Å². The smallest absolute Gasteiger partial charge is 0.338 e. The molecular formula is C18H16ClN3O7. The van der Waals surface area contributed by atoms with Gasteiger partial charge in [0, 0.05) is 29.9 Å². The van der Waals surface area contributed by atoms with Gasteiger partial charge >= 0.3 is 5.97 Å². The highest BCUT2D eigenvalue weighted by atomic mass is 35.5. The quantitative estimate of drug-likeness (QED) is 0.351. The molecule has 152 valence electrons. The number of halogens is 1. The van der Waals surface area contributed by atoms with Gasteiger partial charge in [-0.2, -0.15) is 0 Å². The van der Waals surface area contributed by atoms with Gasteiger partial charge in [-0.15, -0.1) is 0 Å². The fourth-order valence-electron chi connectivity index (χ4n) is 2.33. The molecule has 0 saturated heterocycles. The number of hydrogen-bond acceptors (Lipinski definition) is 7. The number of carbonyl (C=O) groups excluding carboxylic acids is 3. The number of methoxy groups -OCH3 is 1. The van der Waals surface area contributed by atoms with Gasteiger partial charge in [0.2, 0.25) is 0 Å². The molecular weight excluding hydrogens is 406 g/mol. The Balaban J connectivity index is 2.27. The van der Waals surface area contributed by atoms with Crippen LogP contribution in [0.3, 0.4) is 0 Å². The average Bonchev–Trinajstić information content (AvgIpc) is 2.70. The summed E-state index contributed by atoms with van der Waals surface area (Å²) < 4.78 is 4.54. The minimum absolute atomic E-state index is 0.0486. The molecule has 10 nitrogen and oxygen atoms in total. The number of nitrogens with one attached hydrogen (secondary N) is 2. The standard InChI is InChI=1S/C18H16ClN3O7/c1-29-18(26)11-6-10(7-13(8-11)22(27)28)16(24)21-12-2-3-14(15(19)9-12)17(25)20-4-5-23/h2-3,6-9,23H,4-5H2,1H3,(H,20,25)(H,21,24). The molecule has 0 fully saturated rings. The first-order valence-electron chi connectivity index (χ1n) is 8.14. The zero-order chi connectivity index (χ0) is 21.6. The minimum atomic E-state index is -0.830. The number of benzene rings is 2. The normalized spacial score (nSPS) is 10.2. The van der Waals surface area contributed by atoms with Crippen LogP contribution < -0.4 is 10.6 Å². The summed E-state index contributed by atoms with van der Waals surface area (Å²) in [7, 11) is 1.11. The third kappa shape index (κ3) is 5.50. The second-order valence-electron chi connectivity index (χ2n) is 5.65. The van der Waals surface area contributed by atoms with Crippen molar-refractivity contribution in [1.82, 2.24) is 5.32 Å². The largest absolute Gasteiger partial charge is 0.465 e. The lowest BCUT2D eigenvalue weighted by Gasteiger charge is -2.10. The number of hydrogen-bond donors (Lipinski definition) is 3. The fraction of sp³-hybridized carbons (Fsp3) is 0.167. The summed E-state index contributed by atoms with van der Waals surface area (Å²) in [5, 5.41) is 24.8. The van der Waals surface area contributed by atoms with Crippen molar-refractivity contribution in [3.05, 3.63) is 68.2 Å². The second kappa shape index (κ2) is 9.62. The van der Waals surface area contributed by atoms with Gasteiger partial charge in [0.15, 0.2) is 0 Å². The summed E-state index contributed by atoms with van der Waals surface area (Å²) in [6.45, 7) is -0.169. The second-order valence-corrected chi connectivity index (χ2v) is 6.05. The molecule has 2 aromatic rings. The van der Waals surface area contributed by atoms with Crippen LogP contribution in [0.5, 0.6) is 0 Å². The lowest BCUT2D eigenvalue weighted by molar-refractivity contribution is -0.384. The molecule has 0 spiro atoms. The topological polar surface area (TPSA) is 148 Å². The predicted octanol–water partition coefficient (Wildman–Crippen LogP) is 2.01. The summed E-state index contributed by atoms with van der Waals surface area (Å²) >= 11 is 6.06. The van der Waals surface area contributed by atoms with E-state index in [1.165, 1.54) is 18.2 Å². The Morgan fingerprint density at radius 3 is 2.41 bits per heavy atom. The van der Waals surface area contributed by atoms with Gasteiger partial charge in [-0.3, -0.25) is 19.7 Å². The van der Waals surface area contributed by atoms with Gasteiger partial charge < -0.3 is 20.5 Å². The predicted molar refractivity (Wildman–Crippen MR) is 103 cm³/mol. The first-order valence-corrected chi connectivity index (χ1v) is 8.52. The van der Waals surface area contributed by atoms with E-state index in [-0.39, 0.29) is 40.6 Å². The van der Waals surface area contributed by atoms with Gasteiger partial charge in [0.05, 0.1) is 34.8 Å². The van der Waals surface area contributed by atoms with E-state index in [0.717, 1.165) is 25.3 Å². The van der Waals surface area contributed by atoms with Crippen LogP contribution in [0.15, 0.2) is 36.4 Å². The third-order valence-electron chi connectivity index (χ3n) is 3.68. The van der Waals surface area contributed by atoms with Crippen LogP contribution in [0.25, 0.3) is 0 Å². The van der Waals surface area contributed by atoms with Gasteiger partial charge in [-0.1, -0.05) is 11.6 Å². The van der Waals surface area contributed by atoms with Crippen LogP contribution >= 0.6 is 11.6 Å². The highest BCUT2D eigenvalue weighted by molar-refractivity contribution is 6.34. The number of ether oxygens (including phenoxy) is 1. The van der Waals surface area contributed by atoms with Crippen molar-refractivity contribution in [3.8, 4) is 0 Å². The number of rotatable bonds is 7. The molecule has 3 N–H and O–H groups in total. The average molecular weight is 422 g/mol. The first-order chi connectivity index (χ1) is 13.8. The van der Waals surface area contributed by atoms with E-state index in [4.69, 9.17) is 16.7 Å². The summed E-state index contributed by atoms with van der Waals surface area (Å²) in [5.74, 6) is -2.06. The molecule has 0 unspecified atom stereocenters. The van der Waals surface area contributed by atoms with E-state index in [9.17, 15) is 24.5 Å². The van der Waals surface area contributed by atoms with Crippen molar-refractivity contribution in [2.45, 2.75) is 0 Å². The van der Waals surface area contributed by atoms with Crippen LogP contribution in [-0.4, -0.2) is 48.1 Å². The van der Waals surface area contributed by atoms with E-state index in [2.05, 4.69) is 15.4 Å². The Bertz CT molecular complexity index is 978. The van der Waals surface area contributed by atoms with Crippen molar-refractivity contribution in [2.75, 3.05) is 25.6 Å². The van der Waals surface area contributed by atoms with Gasteiger partial charge in [-0.25, -0.2) is 4.79 Å². The Morgan fingerprint density at radius 1 is 1.14 bits per heavy atom. The summed E-state index contributed by atoms with van der Waals surface area (Å²) in [6.07, 6.45) is 0. The summed E-state index contributed by atoms with van der Waals surface area (Å²) in [6, 6.07) is 7.28. The number of nitro groups is 1. The maximum atomic E-state index is 12.5. The molecule has 0 bridgehead atoms. The number of nitrogens with zero attached hydrogens (tertiary/aromatic N) is 1. The Labute approximate surface area is 169 Å². The van der Waals surface area contributed by atoms with Crippen molar-refractivity contribution in [1.29, 1.82) is 0 Å². The number of nitro benzene ring substituents is 1. The van der Waals surface area contributed by atoms with Crippen molar-refractivity contribution in [2.24, 2.45) is 0 Å². The van der Waals surface area contributed by atoms with Crippen LogP contribution in [0.2, 0.25) is 5.02 Å². The highest BCUT2D eigenvalue weighted by Gasteiger charge is 2.19. The van der Waals surface area contributed by atoms with Gasteiger partial charge in [-0.05, 0) is 24.3 Å². The van der Waals surface area contributed by atoms with Crippen molar-refractivity contribution >= 4 is 40.8 Å². The van der Waals surface area contributed by atoms with E-state index >= 15 is 0 Å². The number of aliphatic hydroxyl groups is 1. The maximum Gasteiger partial charge on any atom is 0.338 e. The molecule has 2 amide bonds. The zero-order valence-electron chi connectivity index (χ0n) is 15.1. The lowest BCUT2D eigenvalue weighted by atomic mass is 10.1. The summed E-state index contributed by atoms with van der Waals surface area (Å²) in [5.41, 5.74) is -0.375. The van der Waals surface area contributed by atoms with E-state index in [1.807, 2.05) is 0 Å². The Hall–Kier alpha value is -3.50. The number of amides is 2. The lowest BCUT2D eigenvalue weighted by Crippen LogP contribution is -2.26. The SMILES string of the molecule is COC(=O)c1cc(C(=O)Nc2ccc(C(=O)NCCO)c(Cl)c2)cc([N+](=O)[O-])c1. The van der Waals surface area contributed by atoms with Crippen LogP contribution in [0.4, 0.5) is 11.4 Å². The van der Waals surface area contributed by atoms with E-state index in [0.29, 0.717) is 0 Å². The Kier molecular flexibility index (Phi) is 7.23. The molecule has 0 aliphatic carbocycles. The van der Waals surface area contributed by atoms with Crippen LogP contribution in [0, 0.1) is 10.1 Å². The molecule has 0 heterocycles. The van der Waals surface area contributed by atoms with Crippen molar-refractivity contribution in [3.63, 3.8) is 0 Å². The number of anilines is 1. The highest BCUT2D eigenvalue weighted by Crippen LogP contribution is 2.23. The molecule has 0 radical (unpaired) electrons. The number of aliphatic hydroxyl groups excluding tert-OH is 1. The fourth-order valence-corrected chi connectivity index (χ4v) is 2.59. The molecule has 29 heavy (non-hydrogen) atoms. The zero-order valence-corrected chi connectivity index (χ0v) is 15.9. The Morgan fingerprint density at radius 2 is 1.83 bits per heavy atom. The number of carbonyl (C=O) groups is 3. The molecule has 0 saturated carbocycles. The van der Waals surface area contributed by atoms with Crippen LogP contribution in [0.1, 0.15) is 31.1 Å². The first kappa shape index (κ1) is 21.8. The molecule has 0 aromatic heterocycles. The number of non-ortho nitro benzene ring substituents is 1. The molecule has 0 aliphatic rings. The maximum absolute atomic E-state index is 12.5. The molecule has 0 aliphatic heterocycles. The molecule has 2 aromatic carbocycles. The third-order valence-corrected chi connectivity index (χ3v) is 3.99. The molecule has 11 heteroatoms. The van der Waals surface area contributed by atoms with Crippen molar-refractivity contribution < 1.29 is 29.2 Å². The van der Waals surface area contributed by atoms with E-state index in [1.54, 1.807) is 0 Å². The molecule has 2 rings (SSSR count). The van der Waals surface area contributed by atoms with Crippen LogP contribution in [-0.2, 0) is 4.74 Å². The van der Waals surface area contributed by atoms with Gasteiger partial charge in [0.25, 0.3) is 17.5 Å². The summed E-state index contributed by atoms with van der Waals surface area (Å²) in [4.78, 5) is 46.4. The van der Waals surface area contributed by atoms with E-state index < -0.39 is 28.4 Å². The minimum Gasteiger partial charge on any atom is -0.465 e. The number of esters is 1.